The van der Waals surface area contributed by atoms with Crippen molar-refractivity contribution in [2.45, 2.75) is 24.1 Å². The molecule has 0 aromatic heterocycles. The topological polar surface area (TPSA) is 63.3 Å². The van der Waals surface area contributed by atoms with E-state index in [9.17, 15) is 4.79 Å². The van der Waals surface area contributed by atoms with E-state index < -0.39 is 10.2 Å². The molecule has 1 amide bonds. The van der Waals surface area contributed by atoms with Crippen LogP contribution < -0.4 is 5.73 Å². The van der Waals surface area contributed by atoms with Crippen LogP contribution in [0.15, 0.2) is 0 Å². The molecule has 3 nitrogen and oxygen atoms in total. The summed E-state index contributed by atoms with van der Waals surface area (Å²) in [6.07, 6.45) is 0.974. The van der Waals surface area contributed by atoms with Crippen LogP contribution in [0.3, 0.4) is 0 Å². The van der Waals surface area contributed by atoms with Crippen molar-refractivity contribution in [2.24, 2.45) is 5.73 Å². The van der Waals surface area contributed by atoms with Crippen LogP contribution in [0, 0.1) is 0 Å². The Balaban J connectivity index is 4.08. The lowest BCUT2D eigenvalue weighted by Gasteiger charge is -2.20. The van der Waals surface area contributed by atoms with Gasteiger partial charge in [-0.25, -0.2) is 0 Å². The third-order valence-electron chi connectivity index (χ3n) is 1.51. The third-order valence-corrected chi connectivity index (χ3v) is 2.86. The number of primary amides is 1. The highest BCUT2D eigenvalue weighted by atomic mass is 79.9. The quantitative estimate of drug-likeness (QED) is 0.659. The average molecular weight is 210 g/mol. The Kier molecular flexibility index (Phi) is 3.89. The molecule has 0 spiro atoms. The van der Waals surface area contributed by atoms with Crippen molar-refractivity contribution in [3.63, 3.8) is 0 Å². The molecular weight excluding hydrogens is 198 g/mol. The van der Waals surface area contributed by atoms with Crippen LogP contribution in [0.5, 0.6) is 0 Å². The van der Waals surface area contributed by atoms with Crippen LogP contribution in [0.1, 0.15) is 19.8 Å². The summed E-state index contributed by atoms with van der Waals surface area (Å²) in [5.41, 5.74) is 5.07. The van der Waals surface area contributed by atoms with Gasteiger partial charge >= 0.3 is 0 Å². The van der Waals surface area contributed by atoms with Crippen LogP contribution >= 0.6 is 15.9 Å². The van der Waals surface area contributed by atoms with E-state index in [0.29, 0.717) is 12.8 Å². The zero-order chi connectivity index (χ0) is 8.20. The number of nitrogens with two attached hydrogens (primary N) is 1. The molecular formula is C6H12BrNO2. The van der Waals surface area contributed by atoms with Crippen LogP contribution in [0.2, 0.25) is 0 Å². The maximum Gasteiger partial charge on any atom is 0.234 e. The Morgan fingerprint density at radius 1 is 1.80 bits per heavy atom. The van der Waals surface area contributed by atoms with Gasteiger partial charge in [-0.2, -0.15) is 0 Å². The number of halogens is 1. The zero-order valence-electron chi connectivity index (χ0n) is 5.93. The Bertz CT molecular complexity index is 129. The SMILES string of the molecule is CCC(Br)(CCO)C(N)=O. The van der Waals surface area contributed by atoms with Gasteiger partial charge in [-0.1, -0.05) is 22.9 Å². The van der Waals surface area contributed by atoms with Gasteiger partial charge in [0.25, 0.3) is 0 Å². The van der Waals surface area contributed by atoms with E-state index in [4.69, 9.17) is 10.8 Å². The predicted molar refractivity (Wildman–Crippen MR) is 42.8 cm³/mol. The number of aliphatic hydroxyl groups is 1. The standard InChI is InChI=1S/C6H12BrNO2/c1-2-6(7,3-4-9)5(8)10/h9H,2-4H2,1H3,(H2,8,10). The Hall–Kier alpha value is -0.0900. The summed E-state index contributed by atoms with van der Waals surface area (Å²) in [4.78, 5) is 10.7. The molecule has 0 saturated heterocycles. The van der Waals surface area contributed by atoms with Gasteiger partial charge < -0.3 is 10.8 Å². The lowest BCUT2D eigenvalue weighted by molar-refractivity contribution is -0.120. The first-order valence-corrected chi connectivity index (χ1v) is 3.96. The van der Waals surface area contributed by atoms with Crippen molar-refractivity contribution in [2.75, 3.05) is 6.61 Å². The molecule has 1 atom stereocenters. The average Bonchev–Trinajstić information content (AvgIpc) is 1.88. The van der Waals surface area contributed by atoms with Gasteiger partial charge in [-0.15, -0.1) is 0 Å². The molecule has 0 aromatic carbocycles. The van der Waals surface area contributed by atoms with Crippen LogP contribution in [-0.4, -0.2) is 21.9 Å². The maximum absolute atomic E-state index is 10.7. The second-order valence-corrected chi connectivity index (χ2v) is 3.67. The Morgan fingerprint density at radius 2 is 2.30 bits per heavy atom. The molecule has 0 bridgehead atoms. The summed E-state index contributed by atoms with van der Waals surface area (Å²) in [6, 6.07) is 0. The molecule has 4 heteroatoms. The van der Waals surface area contributed by atoms with Gasteiger partial charge in [-0.05, 0) is 12.8 Å². The summed E-state index contributed by atoms with van der Waals surface area (Å²) >= 11 is 3.17. The predicted octanol–water partition coefficient (Wildman–Crippen LogP) is 0.398. The molecule has 0 aliphatic rings. The largest absolute Gasteiger partial charge is 0.396 e. The highest BCUT2D eigenvalue weighted by Gasteiger charge is 2.30. The fourth-order valence-electron chi connectivity index (χ4n) is 0.651. The summed E-state index contributed by atoms with van der Waals surface area (Å²) in [7, 11) is 0. The van der Waals surface area contributed by atoms with Crippen molar-refractivity contribution in [1.82, 2.24) is 0 Å². The van der Waals surface area contributed by atoms with Gasteiger partial charge in [-0.3, -0.25) is 4.79 Å². The molecule has 0 aromatic rings. The van der Waals surface area contributed by atoms with E-state index in [1.807, 2.05) is 6.92 Å². The highest BCUT2D eigenvalue weighted by Crippen LogP contribution is 2.25. The number of hydrogen-bond donors (Lipinski definition) is 2. The molecule has 0 saturated carbocycles. The van der Waals surface area contributed by atoms with Gasteiger partial charge in [0, 0.05) is 6.61 Å². The number of amides is 1. The normalized spacial score (nSPS) is 16.3. The van der Waals surface area contributed by atoms with E-state index >= 15 is 0 Å². The van der Waals surface area contributed by atoms with E-state index in [2.05, 4.69) is 15.9 Å². The fourth-order valence-corrected chi connectivity index (χ4v) is 0.829. The van der Waals surface area contributed by atoms with E-state index in [0.717, 1.165) is 0 Å². The van der Waals surface area contributed by atoms with Crippen molar-refractivity contribution in [3.05, 3.63) is 0 Å². The molecule has 0 aliphatic heterocycles. The van der Waals surface area contributed by atoms with Crippen molar-refractivity contribution in [1.29, 1.82) is 0 Å². The Labute approximate surface area is 68.7 Å². The van der Waals surface area contributed by atoms with Crippen molar-refractivity contribution < 1.29 is 9.90 Å². The Morgan fingerprint density at radius 3 is 2.40 bits per heavy atom. The number of rotatable bonds is 4. The lowest BCUT2D eigenvalue weighted by Crippen LogP contribution is -2.38. The van der Waals surface area contributed by atoms with Crippen LogP contribution in [0.25, 0.3) is 0 Å². The summed E-state index contributed by atoms with van der Waals surface area (Å²) < 4.78 is -0.707. The number of alkyl halides is 1. The number of hydrogen-bond acceptors (Lipinski definition) is 2. The lowest BCUT2D eigenvalue weighted by atomic mass is 10.0. The van der Waals surface area contributed by atoms with Crippen LogP contribution in [-0.2, 0) is 4.79 Å². The van der Waals surface area contributed by atoms with E-state index in [1.54, 1.807) is 0 Å². The minimum absolute atomic E-state index is 0.0258. The number of aliphatic hydroxyl groups excluding tert-OH is 1. The second kappa shape index (κ2) is 3.93. The van der Waals surface area contributed by atoms with Gasteiger partial charge in [0.2, 0.25) is 5.91 Å². The molecule has 3 N–H and O–H groups in total. The van der Waals surface area contributed by atoms with E-state index in [1.165, 1.54) is 0 Å². The zero-order valence-corrected chi connectivity index (χ0v) is 7.52. The summed E-state index contributed by atoms with van der Waals surface area (Å²) in [6.45, 7) is 1.82. The fraction of sp³-hybridized carbons (Fsp3) is 0.833. The number of carbonyl (C=O) groups is 1. The monoisotopic (exact) mass is 209 g/mol. The minimum atomic E-state index is -0.707. The molecule has 60 valence electrons. The molecule has 0 radical (unpaired) electrons. The van der Waals surface area contributed by atoms with Gasteiger partial charge in [0.1, 0.15) is 4.32 Å². The molecule has 1 unspecified atom stereocenters. The summed E-state index contributed by atoms with van der Waals surface area (Å²) in [5, 5.41) is 8.54. The highest BCUT2D eigenvalue weighted by molar-refractivity contribution is 9.10. The maximum atomic E-state index is 10.7. The van der Waals surface area contributed by atoms with Crippen molar-refractivity contribution >= 4 is 21.8 Å². The van der Waals surface area contributed by atoms with Crippen molar-refractivity contribution in [3.8, 4) is 0 Å². The third kappa shape index (κ3) is 2.27. The summed E-state index contributed by atoms with van der Waals surface area (Å²) in [5.74, 6) is -0.413. The van der Waals surface area contributed by atoms with Crippen LogP contribution in [0.4, 0.5) is 0 Å². The molecule has 0 heterocycles. The van der Waals surface area contributed by atoms with Gasteiger partial charge in [0.15, 0.2) is 0 Å². The molecule has 0 rings (SSSR count). The first kappa shape index (κ1) is 9.91. The van der Waals surface area contributed by atoms with Gasteiger partial charge in [0.05, 0.1) is 0 Å². The smallest absolute Gasteiger partial charge is 0.234 e. The number of carbonyl (C=O) groups excluding carboxylic acids is 1. The second-order valence-electron chi connectivity index (χ2n) is 2.16. The van der Waals surface area contributed by atoms with E-state index in [-0.39, 0.29) is 6.61 Å². The molecule has 0 fully saturated rings. The molecule has 0 aliphatic carbocycles. The minimum Gasteiger partial charge on any atom is -0.396 e. The first-order valence-electron chi connectivity index (χ1n) is 3.16. The molecule has 10 heavy (non-hydrogen) atoms. The first-order chi connectivity index (χ1) is 4.56.